The van der Waals surface area contributed by atoms with Crippen LogP contribution in [0.15, 0.2) is 41.8 Å². The second-order valence-electron chi connectivity index (χ2n) is 4.48. The first kappa shape index (κ1) is 16.2. The maximum Gasteiger partial charge on any atom is 0.230 e. The highest BCUT2D eigenvalue weighted by atomic mass is 32.2. The normalized spacial score (nSPS) is 10.3. The van der Waals surface area contributed by atoms with Crippen LogP contribution in [0, 0.1) is 0 Å². The zero-order valence-electron chi connectivity index (χ0n) is 12.6. The van der Waals surface area contributed by atoms with Crippen molar-refractivity contribution in [3.05, 3.63) is 36.7 Å². The van der Waals surface area contributed by atoms with Gasteiger partial charge in [-0.3, -0.25) is 4.79 Å². The van der Waals surface area contributed by atoms with E-state index < -0.39 is 0 Å². The lowest BCUT2D eigenvalue weighted by Gasteiger charge is -2.08. The number of ether oxygens (including phenoxy) is 2. The van der Waals surface area contributed by atoms with Crippen molar-refractivity contribution in [2.75, 3.05) is 26.0 Å². The summed E-state index contributed by atoms with van der Waals surface area (Å²) in [4.78, 5) is 15.9. The standard InChI is InChI=1S/C15H19N3O3S/c1-18-9-7-17-15(18)22-11-14(19)16-8-10-21-13-5-3-12(20-2)4-6-13/h3-7,9H,8,10-11H2,1-2H3,(H,16,19). The SMILES string of the molecule is COc1ccc(OCCNC(=O)CSc2nccn2C)cc1. The van der Waals surface area contributed by atoms with Crippen molar-refractivity contribution in [2.24, 2.45) is 7.05 Å². The summed E-state index contributed by atoms with van der Waals surface area (Å²) in [5.41, 5.74) is 0. The van der Waals surface area contributed by atoms with Crippen LogP contribution in [0.4, 0.5) is 0 Å². The van der Waals surface area contributed by atoms with Crippen LogP contribution in [0.2, 0.25) is 0 Å². The van der Waals surface area contributed by atoms with Crippen LogP contribution in [-0.4, -0.2) is 41.5 Å². The van der Waals surface area contributed by atoms with Gasteiger partial charge in [-0.1, -0.05) is 11.8 Å². The first-order chi connectivity index (χ1) is 10.7. The lowest BCUT2D eigenvalue weighted by Crippen LogP contribution is -2.29. The first-order valence-corrected chi connectivity index (χ1v) is 7.81. The fourth-order valence-corrected chi connectivity index (χ4v) is 2.47. The third kappa shape index (κ3) is 5.00. The molecule has 0 radical (unpaired) electrons. The van der Waals surface area contributed by atoms with E-state index in [-0.39, 0.29) is 5.91 Å². The zero-order valence-corrected chi connectivity index (χ0v) is 13.4. The Morgan fingerprint density at radius 2 is 2.05 bits per heavy atom. The number of aryl methyl sites for hydroxylation is 1. The quantitative estimate of drug-likeness (QED) is 0.592. The number of methoxy groups -OCH3 is 1. The number of imidazole rings is 1. The van der Waals surface area contributed by atoms with Gasteiger partial charge in [-0.05, 0) is 24.3 Å². The molecule has 1 heterocycles. The highest BCUT2D eigenvalue weighted by Gasteiger charge is 2.05. The van der Waals surface area contributed by atoms with Crippen molar-refractivity contribution in [3.8, 4) is 11.5 Å². The van der Waals surface area contributed by atoms with Crippen LogP contribution in [0.25, 0.3) is 0 Å². The van der Waals surface area contributed by atoms with E-state index in [2.05, 4.69) is 10.3 Å². The average molecular weight is 321 g/mol. The smallest absolute Gasteiger partial charge is 0.230 e. The Hall–Kier alpha value is -2.15. The Morgan fingerprint density at radius 3 is 2.68 bits per heavy atom. The molecule has 1 aromatic heterocycles. The molecular weight excluding hydrogens is 302 g/mol. The number of nitrogens with one attached hydrogen (secondary N) is 1. The van der Waals surface area contributed by atoms with Crippen molar-refractivity contribution in [3.63, 3.8) is 0 Å². The number of aromatic nitrogens is 2. The van der Waals surface area contributed by atoms with Gasteiger partial charge in [0.1, 0.15) is 18.1 Å². The van der Waals surface area contributed by atoms with Crippen molar-refractivity contribution >= 4 is 17.7 Å². The lowest BCUT2D eigenvalue weighted by molar-refractivity contribution is -0.118. The Labute approximate surface area is 133 Å². The Kier molecular flexibility index (Phi) is 6.14. The number of benzene rings is 1. The molecule has 0 fully saturated rings. The molecule has 22 heavy (non-hydrogen) atoms. The maximum absolute atomic E-state index is 11.7. The molecule has 6 nitrogen and oxygen atoms in total. The van der Waals surface area contributed by atoms with Gasteiger partial charge in [0.15, 0.2) is 5.16 Å². The monoisotopic (exact) mass is 321 g/mol. The summed E-state index contributed by atoms with van der Waals surface area (Å²) in [6.45, 7) is 0.886. The highest BCUT2D eigenvalue weighted by molar-refractivity contribution is 7.99. The van der Waals surface area contributed by atoms with E-state index in [4.69, 9.17) is 9.47 Å². The van der Waals surface area contributed by atoms with E-state index in [1.807, 2.05) is 42.1 Å². The van der Waals surface area contributed by atoms with Gasteiger partial charge in [0, 0.05) is 19.4 Å². The lowest BCUT2D eigenvalue weighted by atomic mass is 10.3. The summed E-state index contributed by atoms with van der Waals surface area (Å²) in [7, 11) is 3.52. The molecule has 1 amide bonds. The Bertz CT molecular complexity index is 598. The predicted molar refractivity (Wildman–Crippen MR) is 85.4 cm³/mol. The number of hydrogen-bond acceptors (Lipinski definition) is 5. The van der Waals surface area contributed by atoms with Gasteiger partial charge in [0.25, 0.3) is 0 Å². The average Bonchev–Trinajstić information content (AvgIpc) is 2.95. The van der Waals surface area contributed by atoms with Crippen LogP contribution in [0.3, 0.4) is 0 Å². The molecule has 0 aliphatic carbocycles. The second-order valence-corrected chi connectivity index (χ2v) is 5.43. The number of rotatable bonds is 8. The minimum atomic E-state index is -0.0358. The molecular formula is C15H19N3O3S. The van der Waals surface area contributed by atoms with Crippen LogP contribution >= 0.6 is 11.8 Å². The van der Waals surface area contributed by atoms with Gasteiger partial charge in [-0.15, -0.1) is 0 Å². The molecule has 0 saturated heterocycles. The number of hydrogen-bond donors (Lipinski definition) is 1. The molecule has 7 heteroatoms. The molecule has 0 unspecified atom stereocenters. The molecule has 0 spiro atoms. The number of carbonyl (C=O) groups excluding carboxylic acids is 1. The molecule has 1 N–H and O–H groups in total. The van der Waals surface area contributed by atoms with Crippen molar-refractivity contribution in [1.29, 1.82) is 0 Å². The molecule has 2 aromatic rings. The third-order valence-corrected chi connectivity index (χ3v) is 3.92. The van der Waals surface area contributed by atoms with E-state index in [9.17, 15) is 4.79 Å². The number of carbonyl (C=O) groups is 1. The summed E-state index contributed by atoms with van der Waals surface area (Å²) in [5.74, 6) is 1.84. The van der Waals surface area contributed by atoms with Gasteiger partial charge in [-0.25, -0.2) is 4.98 Å². The molecule has 0 aliphatic rings. The largest absolute Gasteiger partial charge is 0.497 e. The number of amides is 1. The molecule has 1 aromatic carbocycles. The van der Waals surface area contributed by atoms with Gasteiger partial charge in [-0.2, -0.15) is 0 Å². The van der Waals surface area contributed by atoms with Crippen molar-refractivity contribution in [2.45, 2.75) is 5.16 Å². The first-order valence-electron chi connectivity index (χ1n) is 6.82. The minimum absolute atomic E-state index is 0.0358. The highest BCUT2D eigenvalue weighted by Crippen LogP contribution is 2.16. The van der Waals surface area contributed by atoms with E-state index >= 15 is 0 Å². The molecule has 118 valence electrons. The molecule has 0 aliphatic heterocycles. The molecule has 0 saturated carbocycles. The van der Waals surface area contributed by atoms with Crippen LogP contribution in [-0.2, 0) is 11.8 Å². The summed E-state index contributed by atoms with van der Waals surface area (Å²) in [6.07, 6.45) is 3.56. The maximum atomic E-state index is 11.7. The third-order valence-electron chi connectivity index (χ3n) is 2.86. The Morgan fingerprint density at radius 1 is 1.32 bits per heavy atom. The number of nitrogens with zero attached hydrogens (tertiary/aromatic N) is 2. The summed E-state index contributed by atoms with van der Waals surface area (Å²) in [6, 6.07) is 7.32. The van der Waals surface area contributed by atoms with E-state index in [1.54, 1.807) is 13.3 Å². The van der Waals surface area contributed by atoms with E-state index in [0.717, 1.165) is 16.7 Å². The summed E-state index contributed by atoms with van der Waals surface area (Å²) in [5, 5.41) is 3.63. The summed E-state index contributed by atoms with van der Waals surface area (Å²) >= 11 is 1.41. The van der Waals surface area contributed by atoms with Crippen LogP contribution < -0.4 is 14.8 Å². The van der Waals surface area contributed by atoms with Crippen LogP contribution in [0.1, 0.15) is 0 Å². The van der Waals surface area contributed by atoms with Gasteiger partial charge >= 0.3 is 0 Å². The topological polar surface area (TPSA) is 65.4 Å². The molecule has 0 atom stereocenters. The van der Waals surface area contributed by atoms with Gasteiger partial charge in [0.05, 0.1) is 19.4 Å². The second kappa shape index (κ2) is 8.33. The molecule has 0 bridgehead atoms. The zero-order chi connectivity index (χ0) is 15.8. The van der Waals surface area contributed by atoms with Crippen LogP contribution in [0.5, 0.6) is 11.5 Å². The van der Waals surface area contributed by atoms with Crippen molar-refractivity contribution in [1.82, 2.24) is 14.9 Å². The predicted octanol–water partition coefficient (Wildman–Crippen LogP) is 1.72. The summed E-state index contributed by atoms with van der Waals surface area (Å²) < 4.78 is 12.5. The van der Waals surface area contributed by atoms with E-state index in [1.165, 1.54) is 11.8 Å². The molecule has 2 rings (SSSR count). The fraction of sp³-hybridized carbons (Fsp3) is 0.333. The fourth-order valence-electron chi connectivity index (χ4n) is 1.70. The van der Waals surface area contributed by atoms with Gasteiger partial charge in [0.2, 0.25) is 5.91 Å². The van der Waals surface area contributed by atoms with E-state index in [0.29, 0.717) is 18.9 Å². The van der Waals surface area contributed by atoms with Crippen molar-refractivity contribution < 1.29 is 14.3 Å². The minimum Gasteiger partial charge on any atom is -0.497 e. The Balaban J connectivity index is 1.61. The number of thioether (sulfide) groups is 1. The van der Waals surface area contributed by atoms with Gasteiger partial charge < -0.3 is 19.4 Å².